The van der Waals surface area contributed by atoms with Gasteiger partial charge in [-0.15, -0.1) is 0 Å². The molecule has 0 bridgehead atoms. The van der Waals surface area contributed by atoms with Crippen molar-refractivity contribution in [3.05, 3.63) is 35.4 Å². The second-order valence-electron chi connectivity index (χ2n) is 7.28. The van der Waals surface area contributed by atoms with Crippen molar-refractivity contribution in [2.75, 3.05) is 0 Å². The number of fused-ring (bicyclic) bond motifs is 4. The Balaban J connectivity index is 1.72. The highest BCUT2D eigenvalue weighted by molar-refractivity contribution is 5.49. The van der Waals surface area contributed by atoms with E-state index in [1.807, 2.05) is 0 Å². The van der Waals surface area contributed by atoms with Crippen molar-refractivity contribution >= 4 is 0 Å². The summed E-state index contributed by atoms with van der Waals surface area (Å²) in [5.74, 6) is 3.19. The van der Waals surface area contributed by atoms with Crippen LogP contribution in [-0.4, -0.2) is 0 Å². The molecule has 0 amide bonds. The van der Waals surface area contributed by atoms with Gasteiger partial charge in [-0.3, -0.25) is 0 Å². The molecule has 0 radical (unpaired) electrons. The Morgan fingerprint density at radius 1 is 1.18 bits per heavy atom. The molecular formula is C17H20. The molecule has 1 aromatic carbocycles. The summed E-state index contributed by atoms with van der Waals surface area (Å²) in [5.41, 5.74) is 4.86. The predicted molar refractivity (Wildman–Crippen MR) is 68.9 cm³/mol. The molecule has 17 heavy (non-hydrogen) atoms. The van der Waals surface area contributed by atoms with Crippen molar-refractivity contribution in [2.24, 2.45) is 23.2 Å². The standard InChI is InChI=1S/C17H20/c1-16-9-12(16)10-17-13-7-3-2-5-11(13)6-4-8-14(17)15(16)17/h2-3,5,7,12,14-15H,4,6,8-10H2,1H3/t12-,14+,15+,16-,17?/m1/s1. The molecule has 0 heterocycles. The molecular weight excluding hydrogens is 204 g/mol. The molecule has 0 N–H and O–H groups in total. The second kappa shape index (κ2) is 2.48. The average molecular weight is 224 g/mol. The van der Waals surface area contributed by atoms with Crippen LogP contribution in [0.1, 0.15) is 43.7 Å². The molecule has 5 rings (SSSR count). The summed E-state index contributed by atoms with van der Waals surface area (Å²) in [6.45, 7) is 2.58. The molecule has 4 aliphatic carbocycles. The van der Waals surface area contributed by atoms with Gasteiger partial charge in [-0.1, -0.05) is 31.2 Å². The van der Waals surface area contributed by atoms with Crippen molar-refractivity contribution in [3.63, 3.8) is 0 Å². The van der Waals surface area contributed by atoms with Crippen LogP contribution < -0.4 is 0 Å². The fourth-order valence-electron chi connectivity index (χ4n) is 6.02. The molecule has 0 nitrogen and oxygen atoms in total. The highest BCUT2D eigenvalue weighted by Gasteiger charge is 2.82. The lowest BCUT2D eigenvalue weighted by Crippen LogP contribution is -2.12. The van der Waals surface area contributed by atoms with Crippen molar-refractivity contribution in [3.8, 4) is 0 Å². The lowest BCUT2D eigenvalue weighted by Gasteiger charge is -2.18. The van der Waals surface area contributed by atoms with Crippen LogP contribution in [0.25, 0.3) is 0 Å². The Bertz CT molecular complexity index is 517. The SMILES string of the molecule is C[C@@]12C[C@@H]1CC13c4ccccc4CCC[C@H]1[C@H]32. The average Bonchev–Trinajstić information content (AvgIpc) is 3.15. The Kier molecular flexibility index (Phi) is 1.34. The van der Waals surface area contributed by atoms with Crippen LogP contribution >= 0.6 is 0 Å². The summed E-state index contributed by atoms with van der Waals surface area (Å²) in [6.07, 6.45) is 7.33. The van der Waals surface area contributed by atoms with Gasteiger partial charge in [0.15, 0.2) is 0 Å². The number of benzene rings is 1. The van der Waals surface area contributed by atoms with E-state index in [2.05, 4.69) is 31.2 Å². The molecule has 0 saturated heterocycles. The fraction of sp³-hybridized carbons (Fsp3) is 0.647. The second-order valence-corrected chi connectivity index (χ2v) is 7.28. The van der Waals surface area contributed by atoms with Gasteiger partial charge in [0.1, 0.15) is 0 Å². The van der Waals surface area contributed by atoms with Crippen LogP contribution in [-0.2, 0) is 11.8 Å². The van der Waals surface area contributed by atoms with E-state index in [-0.39, 0.29) is 0 Å². The van der Waals surface area contributed by atoms with E-state index in [0.29, 0.717) is 5.41 Å². The van der Waals surface area contributed by atoms with Gasteiger partial charge in [-0.2, -0.15) is 0 Å². The monoisotopic (exact) mass is 224 g/mol. The van der Waals surface area contributed by atoms with E-state index in [1.165, 1.54) is 32.1 Å². The number of hydrogen-bond donors (Lipinski definition) is 0. The molecule has 0 aromatic heterocycles. The maximum atomic E-state index is 2.58. The van der Waals surface area contributed by atoms with E-state index in [9.17, 15) is 0 Å². The molecule has 0 heteroatoms. The third-order valence-electron chi connectivity index (χ3n) is 6.74. The van der Waals surface area contributed by atoms with Crippen LogP contribution in [0, 0.1) is 23.2 Å². The van der Waals surface area contributed by atoms with Gasteiger partial charge in [0.25, 0.3) is 0 Å². The third-order valence-corrected chi connectivity index (χ3v) is 6.74. The Labute approximate surface area is 103 Å². The molecule has 1 unspecified atom stereocenters. The van der Waals surface area contributed by atoms with Crippen LogP contribution in [0.3, 0.4) is 0 Å². The summed E-state index contributed by atoms with van der Waals surface area (Å²) in [4.78, 5) is 0. The normalized spacial score (nSPS) is 52.9. The highest BCUT2D eigenvalue weighted by Crippen LogP contribution is 2.87. The van der Waals surface area contributed by atoms with E-state index in [1.54, 1.807) is 11.1 Å². The summed E-state index contributed by atoms with van der Waals surface area (Å²) >= 11 is 0. The van der Waals surface area contributed by atoms with Crippen molar-refractivity contribution in [2.45, 2.75) is 44.4 Å². The first kappa shape index (κ1) is 9.19. The quantitative estimate of drug-likeness (QED) is 0.626. The maximum absolute atomic E-state index is 2.58. The minimum absolute atomic E-state index is 0.658. The van der Waals surface area contributed by atoms with Gasteiger partial charge in [-0.05, 0) is 66.4 Å². The van der Waals surface area contributed by atoms with Crippen molar-refractivity contribution in [1.82, 2.24) is 0 Å². The van der Waals surface area contributed by atoms with Gasteiger partial charge in [0.05, 0.1) is 0 Å². The minimum atomic E-state index is 0.658. The molecule has 0 aliphatic heterocycles. The first-order chi connectivity index (χ1) is 8.27. The van der Waals surface area contributed by atoms with Gasteiger partial charge in [0.2, 0.25) is 0 Å². The van der Waals surface area contributed by atoms with Gasteiger partial charge < -0.3 is 0 Å². The van der Waals surface area contributed by atoms with Crippen LogP contribution in [0.2, 0.25) is 0 Å². The molecule has 3 fully saturated rings. The minimum Gasteiger partial charge on any atom is -0.0620 e. The Hall–Kier alpha value is -0.780. The maximum Gasteiger partial charge on any atom is 0.00264 e. The summed E-state index contributed by atoms with van der Waals surface area (Å²) in [5, 5.41) is 0. The summed E-state index contributed by atoms with van der Waals surface area (Å²) < 4.78 is 0. The molecule has 5 atom stereocenters. The van der Waals surface area contributed by atoms with Gasteiger partial charge >= 0.3 is 0 Å². The molecule has 1 spiro atoms. The number of hydrogen-bond acceptors (Lipinski definition) is 0. The van der Waals surface area contributed by atoms with Crippen molar-refractivity contribution < 1.29 is 0 Å². The lowest BCUT2D eigenvalue weighted by molar-refractivity contribution is 0.418. The Morgan fingerprint density at radius 3 is 3.00 bits per heavy atom. The largest absolute Gasteiger partial charge is 0.0620 e. The molecule has 1 aromatic rings. The smallest absolute Gasteiger partial charge is 0.00264 e. The topological polar surface area (TPSA) is 0 Å². The van der Waals surface area contributed by atoms with Crippen molar-refractivity contribution in [1.29, 1.82) is 0 Å². The van der Waals surface area contributed by atoms with E-state index < -0.39 is 0 Å². The first-order valence-corrected chi connectivity index (χ1v) is 7.35. The first-order valence-electron chi connectivity index (χ1n) is 7.35. The van der Waals surface area contributed by atoms with Crippen LogP contribution in [0.5, 0.6) is 0 Å². The summed E-state index contributed by atoms with van der Waals surface area (Å²) in [7, 11) is 0. The molecule has 4 aliphatic rings. The molecule has 88 valence electrons. The van der Waals surface area contributed by atoms with Gasteiger partial charge in [0, 0.05) is 5.41 Å². The van der Waals surface area contributed by atoms with E-state index in [0.717, 1.165) is 23.2 Å². The predicted octanol–water partition coefficient (Wildman–Crippen LogP) is 3.94. The number of aryl methyl sites for hydroxylation is 1. The Morgan fingerprint density at radius 2 is 2.06 bits per heavy atom. The lowest BCUT2D eigenvalue weighted by atomic mass is 9.86. The van der Waals surface area contributed by atoms with Gasteiger partial charge in [-0.25, -0.2) is 0 Å². The zero-order chi connectivity index (χ0) is 11.3. The van der Waals surface area contributed by atoms with Crippen LogP contribution in [0.4, 0.5) is 0 Å². The number of rotatable bonds is 0. The van der Waals surface area contributed by atoms with E-state index in [4.69, 9.17) is 0 Å². The van der Waals surface area contributed by atoms with E-state index >= 15 is 0 Å². The molecule has 3 saturated carbocycles. The summed E-state index contributed by atoms with van der Waals surface area (Å²) in [6, 6.07) is 9.37. The fourth-order valence-corrected chi connectivity index (χ4v) is 6.02. The zero-order valence-electron chi connectivity index (χ0n) is 10.6. The zero-order valence-corrected chi connectivity index (χ0v) is 10.6. The highest BCUT2D eigenvalue weighted by atomic mass is 14.9. The van der Waals surface area contributed by atoms with Crippen LogP contribution in [0.15, 0.2) is 24.3 Å². The third kappa shape index (κ3) is 0.842.